The molecule has 0 bridgehead atoms. The van der Waals surface area contributed by atoms with Crippen LogP contribution in [0.5, 0.6) is 0 Å². The third kappa shape index (κ3) is 4.00. The molecule has 20 heavy (non-hydrogen) atoms. The van der Waals surface area contributed by atoms with Crippen molar-refractivity contribution in [2.45, 2.75) is 30.7 Å². The monoisotopic (exact) mass is 292 g/mol. The summed E-state index contributed by atoms with van der Waals surface area (Å²) in [5.41, 5.74) is 0. The highest BCUT2D eigenvalue weighted by molar-refractivity contribution is 7.99. The van der Waals surface area contributed by atoms with E-state index in [0.717, 1.165) is 18.6 Å². The first-order valence-electron chi connectivity index (χ1n) is 6.91. The molecular formula is C15H20N2O2S. The number of benzene rings is 1. The number of nitrogens with zero attached hydrogens (tertiary/aromatic N) is 1. The van der Waals surface area contributed by atoms with Crippen LogP contribution >= 0.6 is 11.8 Å². The summed E-state index contributed by atoms with van der Waals surface area (Å²) in [4.78, 5) is 26.3. The molecule has 0 saturated carbocycles. The Balaban J connectivity index is 1.71. The van der Waals surface area contributed by atoms with Gasteiger partial charge in [-0.25, -0.2) is 0 Å². The molecule has 1 aliphatic heterocycles. The molecule has 4 nitrogen and oxygen atoms in total. The zero-order valence-corrected chi connectivity index (χ0v) is 12.5. The van der Waals surface area contributed by atoms with E-state index in [1.165, 1.54) is 11.8 Å². The quantitative estimate of drug-likeness (QED) is 0.666. The first-order chi connectivity index (χ1) is 9.68. The highest BCUT2D eigenvalue weighted by atomic mass is 32.2. The summed E-state index contributed by atoms with van der Waals surface area (Å²) >= 11 is 1.72. The van der Waals surface area contributed by atoms with Crippen molar-refractivity contribution in [3.05, 3.63) is 30.3 Å². The first-order valence-corrected chi connectivity index (χ1v) is 7.90. The maximum Gasteiger partial charge on any atom is 0.242 e. The number of carbonyl (C=O) groups is 2. The van der Waals surface area contributed by atoms with E-state index in [0.29, 0.717) is 13.1 Å². The SMILES string of the molecule is CC(=O)N1CCCC1C(=O)NCCSc1ccccc1. The van der Waals surface area contributed by atoms with Crippen LogP contribution in [0, 0.1) is 0 Å². The van der Waals surface area contributed by atoms with E-state index in [4.69, 9.17) is 0 Å². The van der Waals surface area contributed by atoms with Crippen LogP contribution in [0.3, 0.4) is 0 Å². The molecule has 1 aliphatic rings. The minimum Gasteiger partial charge on any atom is -0.353 e. The molecule has 0 aliphatic carbocycles. The number of likely N-dealkylation sites (tertiary alicyclic amines) is 1. The summed E-state index contributed by atoms with van der Waals surface area (Å²) in [6, 6.07) is 9.84. The van der Waals surface area contributed by atoms with Gasteiger partial charge in [0.2, 0.25) is 11.8 Å². The van der Waals surface area contributed by atoms with Gasteiger partial charge in [0.1, 0.15) is 6.04 Å². The topological polar surface area (TPSA) is 49.4 Å². The van der Waals surface area contributed by atoms with Crippen LogP contribution in [-0.2, 0) is 9.59 Å². The smallest absolute Gasteiger partial charge is 0.242 e. The van der Waals surface area contributed by atoms with Crippen LogP contribution in [0.1, 0.15) is 19.8 Å². The Hall–Kier alpha value is -1.49. The molecule has 1 N–H and O–H groups in total. The predicted molar refractivity (Wildman–Crippen MR) is 80.6 cm³/mol. The molecule has 1 aromatic carbocycles. The molecule has 1 heterocycles. The number of amides is 2. The maximum atomic E-state index is 12.1. The molecule has 1 atom stereocenters. The van der Waals surface area contributed by atoms with Gasteiger partial charge in [-0.05, 0) is 25.0 Å². The summed E-state index contributed by atoms with van der Waals surface area (Å²) < 4.78 is 0. The molecule has 5 heteroatoms. The minimum atomic E-state index is -0.269. The second-order valence-electron chi connectivity index (χ2n) is 4.82. The van der Waals surface area contributed by atoms with Crippen LogP contribution in [0.15, 0.2) is 35.2 Å². The lowest BCUT2D eigenvalue weighted by Crippen LogP contribution is -2.45. The van der Waals surface area contributed by atoms with Gasteiger partial charge in [0.25, 0.3) is 0 Å². The van der Waals surface area contributed by atoms with Crippen molar-refractivity contribution < 1.29 is 9.59 Å². The summed E-state index contributed by atoms with van der Waals surface area (Å²) in [6.07, 6.45) is 1.69. The number of hydrogen-bond donors (Lipinski definition) is 1. The van der Waals surface area contributed by atoms with Crippen LogP contribution in [0.25, 0.3) is 0 Å². The highest BCUT2D eigenvalue weighted by Crippen LogP contribution is 2.18. The van der Waals surface area contributed by atoms with Crippen LogP contribution < -0.4 is 5.32 Å². The number of rotatable bonds is 5. The van der Waals surface area contributed by atoms with E-state index in [1.807, 2.05) is 18.2 Å². The number of hydrogen-bond acceptors (Lipinski definition) is 3. The molecule has 0 radical (unpaired) electrons. The van der Waals surface area contributed by atoms with E-state index in [1.54, 1.807) is 16.7 Å². The highest BCUT2D eigenvalue weighted by Gasteiger charge is 2.31. The molecule has 1 saturated heterocycles. The lowest BCUT2D eigenvalue weighted by Gasteiger charge is -2.22. The summed E-state index contributed by atoms with van der Waals surface area (Å²) in [5.74, 6) is 0.801. The Labute approximate surface area is 123 Å². The van der Waals surface area contributed by atoms with Crippen LogP contribution in [-0.4, -0.2) is 41.6 Å². The third-order valence-corrected chi connectivity index (χ3v) is 4.39. The van der Waals surface area contributed by atoms with Crippen molar-refractivity contribution in [1.82, 2.24) is 10.2 Å². The van der Waals surface area contributed by atoms with E-state index in [2.05, 4.69) is 17.4 Å². The van der Waals surface area contributed by atoms with Gasteiger partial charge in [-0.15, -0.1) is 11.8 Å². The van der Waals surface area contributed by atoms with Gasteiger partial charge in [0, 0.05) is 30.7 Å². The molecule has 0 aromatic heterocycles. The second-order valence-corrected chi connectivity index (χ2v) is 5.99. The Bertz CT molecular complexity index is 464. The van der Waals surface area contributed by atoms with Crippen molar-refractivity contribution in [2.75, 3.05) is 18.8 Å². The summed E-state index contributed by atoms with van der Waals surface area (Å²) in [6.45, 7) is 2.85. The minimum absolute atomic E-state index is 0.0127. The average molecular weight is 292 g/mol. The predicted octanol–water partition coefficient (Wildman–Crippen LogP) is 1.91. The molecular weight excluding hydrogens is 272 g/mol. The maximum absolute atomic E-state index is 12.1. The Morgan fingerprint density at radius 3 is 2.80 bits per heavy atom. The van der Waals surface area contributed by atoms with E-state index in [9.17, 15) is 9.59 Å². The zero-order valence-electron chi connectivity index (χ0n) is 11.7. The summed E-state index contributed by atoms with van der Waals surface area (Å²) in [7, 11) is 0. The van der Waals surface area contributed by atoms with Gasteiger partial charge in [-0.3, -0.25) is 9.59 Å². The van der Waals surface area contributed by atoms with Gasteiger partial charge in [-0.1, -0.05) is 18.2 Å². The number of thioether (sulfide) groups is 1. The number of carbonyl (C=O) groups excluding carboxylic acids is 2. The third-order valence-electron chi connectivity index (χ3n) is 3.37. The molecule has 2 rings (SSSR count). The molecule has 1 unspecified atom stereocenters. The van der Waals surface area contributed by atoms with Crippen molar-refractivity contribution in [3.63, 3.8) is 0 Å². The van der Waals surface area contributed by atoms with Gasteiger partial charge in [0.15, 0.2) is 0 Å². The second kappa shape index (κ2) is 7.33. The Morgan fingerprint density at radius 2 is 2.10 bits per heavy atom. The lowest BCUT2D eigenvalue weighted by atomic mass is 10.2. The fourth-order valence-electron chi connectivity index (χ4n) is 2.39. The fourth-order valence-corrected chi connectivity index (χ4v) is 3.18. The molecule has 2 amide bonds. The normalized spacial score (nSPS) is 18.1. The van der Waals surface area contributed by atoms with Crippen LogP contribution in [0.4, 0.5) is 0 Å². The van der Waals surface area contributed by atoms with Crippen LogP contribution in [0.2, 0.25) is 0 Å². The van der Waals surface area contributed by atoms with E-state index >= 15 is 0 Å². The molecule has 1 fully saturated rings. The van der Waals surface area contributed by atoms with Gasteiger partial charge >= 0.3 is 0 Å². The van der Waals surface area contributed by atoms with Crippen molar-refractivity contribution >= 4 is 23.6 Å². The fraction of sp³-hybridized carbons (Fsp3) is 0.467. The average Bonchev–Trinajstić information content (AvgIpc) is 2.94. The first kappa shape index (κ1) is 14.9. The van der Waals surface area contributed by atoms with Crippen molar-refractivity contribution in [2.24, 2.45) is 0 Å². The standard InChI is InChI=1S/C15H20N2O2S/c1-12(18)17-10-5-8-14(17)15(19)16-9-11-20-13-6-3-2-4-7-13/h2-4,6-7,14H,5,8-11H2,1H3,(H,16,19). The molecule has 108 valence electrons. The van der Waals surface area contributed by atoms with Gasteiger partial charge in [-0.2, -0.15) is 0 Å². The largest absolute Gasteiger partial charge is 0.353 e. The Kier molecular flexibility index (Phi) is 5.47. The van der Waals surface area contributed by atoms with E-state index in [-0.39, 0.29) is 17.9 Å². The van der Waals surface area contributed by atoms with Crippen molar-refractivity contribution in [3.8, 4) is 0 Å². The van der Waals surface area contributed by atoms with Gasteiger partial charge < -0.3 is 10.2 Å². The zero-order chi connectivity index (χ0) is 14.4. The van der Waals surface area contributed by atoms with E-state index < -0.39 is 0 Å². The Morgan fingerprint density at radius 1 is 1.35 bits per heavy atom. The lowest BCUT2D eigenvalue weighted by molar-refractivity contribution is -0.136. The van der Waals surface area contributed by atoms with Crippen molar-refractivity contribution in [1.29, 1.82) is 0 Å². The van der Waals surface area contributed by atoms with Gasteiger partial charge in [0.05, 0.1) is 0 Å². The summed E-state index contributed by atoms with van der Waals surface area (Å²) in [5, 5.41) is 2.93. The molecule has 1 aromatic rings. The molecule has 0 spiro atoms. The number of nitrogens with one attached hydrogen (secondary N) is 1.